The minimum absolute atomic E-state index is 0. The Morgan fingerprint density at radius 2 is 2.26 bits per heavy atom. The van der Waals surface area contributed by atoms with Gasteiger partial charge in [0.1, 0.15) is 18.9 Å². The molecule has 0 aliphatic rings. The highest BCUT2D eigenvalue weighted by atomic mass is 35.5. The summed E-state index contributed by atoms with van der Waals surface area (Å²) in [5.74, 6) is -3.91. The number of carbonyl (C=O) groups is 1. The third-order valence-electron chi connectivity index (χ3n) is 1.98. The summed E-state index contributed by atoms with van der Waals surface area (Å²) in [6.07, 6.45) is 1.99. The number of carbonyl (C=O) groups excluding carboxylic acids is 1. The van der Waals surface area contributed by atoms with Crippen LogP contribution in [0.2, 0.25) is 0 Å². The molecular formula is C8H12ClF2N5O3. The Kier molecular flexibility index (Phi) is 6.28. The van der Waals surface area contributed by atoms with Crippen LogP contribution in [0.4, 0.5) is 14.5 Å². The number of hydrogen-bond donors (Lipinski definition) is 2. The minimum atomic E-state index is -3.17. The predicted octanol–water partition coefficient (Wildman–Crippen LogP) is -0.0767. The zero-order valence-electron chi connectivity index (χ0n) is 9.58. The normalized spacial score (nSPS) is 10.7. The van der Waals surface area contributed by atoms with Gasteiger partial charge in [-0.15, -0.1) is 12.4 Å². The fourth-order valence-corrected chi connectivity index (χ4v) is 1.04. The van der Waals surface area contributed by atoms with Crippen molar-refractivity contribution in [1.82, 2.24) is 15.1 Å². The van der Waals surface area contributed by atoms with Crippen LogP contribution in [0.25, 0.3) is 0 Å². The average molecular weight is 300 g/mol. The molecule has 1 heterocycles. The van der Waals surface area contributed by atoms with Gasteiger partial charge in [-0.05, 0) is 0 Å². The number of amides is 1. The molecule has 11 heteroatoms. The molecule has 19 heavy (non-hydrogen) atoms. The lowest BCUT2D eigenvalue weighted by Gasteiger charge is -2.14. The van der Waals surface area contributed by atoms with Crippen LogP contribution in [-0.2, 0) is 11.3 Å². The summed E-state index contributed by atoms with van der Waals surface area (Å²) >= 11 is 0. The van der Waals surface area contributed by atoms with Gasteiger partial charge in [-0.1, -0.05) is 0 Å². The maximum absolute atomic E-state index is 12.7. The number of halogens is 3. The van der Waals surface area contributed by atoms with Gasteiger partial charge < -0.3 is 11.1 Å². The van der Waals surface area contributed by atoms with E-state index in [1.54, 1.807) is 0 Å². The summed E-state index contributed by atoms with van der Waals surface area (Å²) in [6, 6.07) is 0. The zero-order valence-corrected chi connectivity index (χ0v) is 10.4. The summed E-state index contributed by atoms with van der Waals surface area (Å²) in [6.45, 7) is -2.14. The standard InChI is InChI=1S/C8H11F2N5O3.ClH/c9-8(10,4-11)5-12-7(16)3-14-2-6(1-13-14)15(17)18;/h1-2H,3-5,11H2,(H,12,16);1H. The number of rotatable bonds is 6. The van der Waals surface area contributed by atoms with Crippen LogP contribution in [0, 0.1) is 10.1 Å². The molecule has 1 amide bonds. The van der Waals surface area contributed by atoms with Crippen molar-refractivity contribution >= 4 is 24.0 Å². The molecule has 0 aromatic carbocycles. The number of nitrogens with one attached hydrogen (secondary N) is 1. The van der Waals surface area contributed by atoms with Crippen molar-refractivity contribution in [3.05, 3.63) is 22.5 Å². The number of nitro groups is 1. The molecule has 3 N–H and O–H groups in total. The number of alkyl halides is 2. The van der Waals surface area contributed by atoms with E-state index < -0.39 is 29.8 Å². The molecule has 0 fully saturated rings. The van der Waals surface area contributed by atoms with E-state index in [-0.39, 0.29) is 24.6 Å². The fourth-order valence-electron chi connectivity index (χ4n) is 1.04. The number of nitrogens with zero attached hydrogens (tertiary/aromatic N) is 3. The van der Waals surface area contributed by atoms with Crippen LogP contribution in [0.1, 0.15) is 0 Å². The van der Waals surface area contributed by atoms with E-state index in [1.807, 2.05) is 5.32 Å². The quantitative estimate of drug-likeness (QED) is 0.563. The summed E-state index contributed by atoms with van der Waals surface area (Å²) < 4.78 is 26.4. The molecule has 0 radical (unpaired) electrons. The highest BCUT2D eigenvalue weighted by Crippen LogP contribution is 2.09. The van der Waals surface area contributed by atoms with Gasteiger partial charge in [-0.3, -0.25) is 19.6 Å². The highest BCUT2D eigenvalue weighted by molar-refractivity contribution is 5.85. The maximum Gasteiger partial charge on any atom is 0.307 e. The van der Waals surface area contributed by atoms with E-state index in [9.17, 15) is 23.7 Å². The van der Waals surface area contributed by atoms with Gasteiger partial charge in [-0.2, -0.15) is 5.10 Å². The molecule has 1 rings (SSSR count). The molecule has 0 saturated carbocycles. The van der Waals surface area contributed by atoms with E-state index in [0.29, 0.717) is 0 Å². The Labute approximate surface area is 112 Å². The first-order chi connectivity index (χ1) is 8.34. The Morgan fingerprint density at radius 1 is 1.63 bits per heavy atom. The van der Waals surface area contributed by atoms with Gasteiger partial charge in [0.05, 0.1) is 18.0 Å². The Bertz CT molecular complexity index is 453. The second kappa shape index (κ2) is 6.95. The van der Waals surface area contributed by atoms with Crippen molar-refractivity contribution in [3.8, 4) is 0 Å². The summed E-state index contributed by atoms with van der Waals surface area (Å²) in [7, 11) is 0. The monoisotopic (exact) mass is 299 g/mol. The van der Waals surface area contributed by atoms with Crippen LogP contribution in [0.3, 0.4) is 0 Å². The largest absolute Gasteiger partial charge is 0.348 e. The third-order valence-corrected chi connectivity index (χ3v) is 1.98. The topological polar surface area (TPSA) is 116 Å². The summed E-state index contributed by atoms with van der Waals surface area (Å²) in [4.78, 5) is 20.9. The molecule has 0 unspecified atom stereocenters. The van der Waals surface area contributed by atoms with E-state index in [0.717, 1.165) is 17.1 Å². The molecule has 0 bridgehead atoms. The third kappa shape index (κ3) is 5.57. The molecule has 108 valence electrons. The summed E-state index contributed by atoms with van der Waals surface area (Å²) in [5.41, 5.74) is 4.51. The second-order valence-corrected chi connectivity index (χ2v) is 3.49. The van der Waals surface area contributed by atoms with Crippen molar-refractivity contribution in [2.45, 2.75) is 12.5 Å². The van der Waals surface area contributed by atoms with Crippen molar-refractivity contribution in [2.24, 2.45) is 5.73 Å². The van der Waals surface area contributed by atoms with Crippen LogP contribution >= 0.6 is 12.4 Å². The van der Waals surface area contributed by atoms with Crippen LogP contribution in [0.5, 0.6) is 0 Å². The van der Waals surface area contributed by atoms with Crippen molar-refractivity contribution in [3.63, 3.8) is 0 Å². The SMILES string of the molecule is Cl.NCC(F)(F)CNC(=O)Cn1cc([N+](=O)[O-])cn1. The van der Waals surface area contributed by atoms with Crippen LogP contribution in [0.15, 0.2) is 12.4 Å². The Balaban J connectivity index is 0.00000324. The second-order valence-electron chi connectivity index (χ2n) is 3.49. The molecule has 1 aromatic heterocycles. The lowest BCUT2D eigenvalue weighted by Crippen LogP contribution is -2.42. The van der Waals surface area contributed by atoms with Gasteiger partial charge in [-0.25, -0.2) is 8.78 Å². The average Bonchev–Trinajstić information content (AvgIpc) is 2.75. The van der Waals surface area contributed by atoms with Crippen molar-refractivity contribution in [2.75, 3.05) is 13.1 Å². The first-order valence-electron chi connectivity index (χ1n) is 4.85. The number of nitrogens with two attached hydrogens (primary N) is 1. The van der Waals surface area contributed by atoms with Gasteiger partial charge in [0.2, 0.25) is 5.91 Å². The molecule has 0 spiro atoms. The van der Waals surface area contributed by atoms with E-state index in [2.05, 4.69) is 5.10 Å². The number of hydrogen-bond acceptors (Lipinski definition) is 5. The molecule has 0 aliphatic carbocycles. The Hall–Kier alpha value is -1.81. The van der Waals surface area contributed by atoms with E-state index >= 15 is 0 Å². The lowest BCUT2D eigenvalue weighted by molar-refractivity contribution is -0.385. The van der Waals surface area contributed by atoms with Gasteiger partial charge >= 0.3 is 5.69 Å². The molecule has 0 aliphatic heterocycles. The van der Waals surface area contributed by atoms with Crippen LogP contribution < -0.4 is 11.1 Å². The fraction of sp³-hybridized carbons (Fsp3) is 0.500. The first-order valence-corrected chi connectivity index (χ1v) is 4.85. The van der Waals surface area contributed by atoms with E-state index in [1.165, 1.54) is 0 Å². The van der Waals surface area contributed by atoms with Crippen molar-refractivity contribution in [1.29, 1.82) is 0 Å². The minimum Gasteiger partial charge on any atom is -0.348 e. The molecular weight excluding hydrogens is 288 g/mol. The molecule has 0 saturated heterocycles. The molecule has 0 atom stereocenters. The highest BCUT2D eigenvalue weighted by Gasteiger charge is 2.27. The molecule has 1 aromatic rings. The van der Waals surface area contributed by atoms with Crippen molar-refractivity contribution < 1.29 is 18.5 Å². The van der Waals surface area contributed by atoms with Gasteiger partial charge in [0.25, 0.3) is 5.92 Å². The lowest BCUT2D eigenvalue weighted by atomic mass is 10.3. The first kappa shape index (κ1) is 17.2. The Morgan fingerprint density at radius 3 is 2.74 bits per heavy atom. The van der Waals surface area contributed by atoms with Gasteiger partial charge in [0, 0.05) is 0 Å². The summed E-state index contributed by atoms with van der Waals surface area (Å²) in [5, 5.41) is 15.8. The van der Waals surface area contributed by atoms with E-state index in [4.69, 9.17) is 5.73 Å². The smallest absolute Gasteiger partial charge is 0.307 e. The maximum atomic E-state index is 12.7. The van der Waals surface area contributed by atoms with Gasteiger partial charge in [0.15, 0.2) is 0 Å². The predicted molar refractivity (Wildman–Crippen MR) is 63.1 cm³/mol. The number of aromatic nitrogens is 2. The van der Waals surface area contributed by atoms with Crippen LogP contribution in [-0.4, -0.2) is 39.6 Å². The zero-order chi connectivity index (χ0) is 13.8. The molecule has 8 nitrogen and oxygen atoms in total.